The van der Waals surface area contributed by atoms with E-state index < -0.39 is 24.2 Å². The normalized spacial score (nSPS) is 21.5. The number of nitrogens with zero attached hydrogens (tertiary/aromatic N) is 2. The summed E-state index contributed by atoms with van der Waals surface area (Å²) in [6.07, 6.45) is -3.16. The Morgan fingerprint density at radius 3 is 2.58 bits per heavy atom. The molecule has 8 heteroatoms. The summed E-state index contributed by atoms with van der Waals surface area (Å²) in [5.41, 5.74) is 1.33. The summed E-state index contributed by atoms with van der Waals surface area (Å²) in [5.74, 6) is -0.932. The molecular formula is C16H20F3N3O2. The van der Waals surface area contributed by atoms with E-state index in [1.54, 1.807) is 19.1 Å². The molecule has 0 aliphatic carbocycles. The standard InChI is InChI=1S/C16H20F3N3O2/c1-10-3-4-12(8-20-10)7-15(24)22-9-13(21-11(2)23)5-6-14(22)16(17,18)19/h3-4,8,13-14H,5-7,9H2,1-2H3,(H,21,23). The Kier molecular flexibility index (Phi) is 5.46. The molecule has 0 radical (unpaired) electrons. The van der Waals surface area contributed by atoms with Crippen LogP contribution in [0.5, 0.6) is 0 Å². The summed E-state index contributed by atoms with van der Waals surface area (Å²) in [4.78, 5) is 28.5. The molecule has 2 unspecified atom stereocenters. The van der Waals surface area contributed by atoms with Crippen LogP contribution in [0.25, 0.3) is 0 Å². The molecule has 5 nitrogen and oxygen atoms in total. The molecular weight excluding hydrogens is 323 g/mol. The molecule has 1 aromatic rings. The van der Waals surface area contributed by atoms with Crippen molar-refractivity contribution >= 4 is 11.8 Å². The van der Waals surface area contributed by atoms with Crippen LogP contribution >= 0.6 is 0 Å². The quantitative estimate of drug-likeness (QED) is 0.913. The number of halogens is 3. The molecule has 1 saturated heterocycles. The largest absolute Gasteiger partial charge is 0.408 e. The van der Waals surface area contributed by atoms with E-state index >= 15 is 0 Å². The fourth-order valence-corrected chi connectivity index (χ4v) is 2.87. The van der Waals surface area contributed by atoms with Crippen LogP contribution in [0.2, 0.25) is 0 Å². The molecule has 1 aliphatic rings. The highest BCUT2D eigenvalue weighted by molar-refractivity contribution is 5.79. The van der Waals surface area contributed by atoms with Gasteiger partial charge in [-0.15, -0.1) is 0 Å². The van der Waals surface area contributed by atoms with Crippen molar-refractivity contribution in [2.75, 3.05) is 6.54 Å². The minimum atomic E-state index is -4.48. The summed E-state index contributed by atoms with van der Waals surface area (Å²) in [6.45, 7) is 2.95. The van der Waals surface area contributed by atoms with Crippen molar-refractivity contribution < 1.29 is 22.8 Å². The first kappa shape index (κ1) is 18.2. The van der Waals surface area contributed by atoms with Crippen molar-refractivity contribution in [2.45, 2.75) is 51.4 Å². The third-order valence-electron chi connectivity index (χ3n) is 4.02. The molecule has 0 bridgehead atoms. The lowest BCUT2D eigenvalue weighted by Crippen LogP contribution is -2.58. The average Bonchev–Trinajstić information content (AvgIpc) is 2.47. The van der Waals surface area contributed by atoms with E-state index in [1.807, 2.05) is 0 Å². The van der Waals surface area contributed by atoms with Crippen LogP contribution < -0.4 is 5.32 Å². The van der Waals surface area contributed by atoms with E-state index in [2.05, 4.69) is 10.3 Å². The number of aryl methyl sites for hydroxylation is 1. The van der Waals surface area contributed by atoms with Gasteiger partial charge in [-0.2, -0.15) is 13.2 Å². The lowest BCUT2D eigenvalue weighted by atomic mass is 9.96. The molecule has 2 atom stereocenters. The van der Waals surface area contributed by atoms with E-state index in [1.165, 1.54) is 13.1 Å². The molecule has 2 rings (SSSR count). The van der Waals surface area contributed by atoms with Crippen LogP contribution in [0.15, 0.2) is 18.3 Å². The lowest BCUT2D eigenvalue weighted by molar-refractivity contribution is -0.197. The Balaban J connectivity index is 2.14. The molecule has 24 heavy (non-hydrogen) atoms. The summed E-state index contributed by atoms with van der Waals surface area (Å²) in [5, 5.41) is 2.60. The minimum absolute atomic E-state index is 0.137. The Labute approximate surface area is 138 Å². The number of likely N-dealkylation sites (tertiary alicyclic amines) is 1. The fraction of sp³-hybridized carbons (Fsp3) is 0.562. The van der Waals surface area contributed by atoms with Gasteiger partial charge >= 0.3 is 6.18 Å². The van der Waals surface area contributed by atoms with Crippen LogP contribution in [0.4, 0.5) is 13.2 Å². The maximum atomic E-state index is 13.2. The number of piperidine rings is 1. The zero-order valence-electron chi connectivity index (χ0n) is 13.6. The van der Waals surface area contributed by atoms with Gasteiger partial charge in [0, 0.05) is 31.4 Å². The van der Waals surface area contributed by atoms with Crippen molar-refractivity contribution in [1.29, 1.82) is 0 Å². The summed E-state index contributed by atoms with van der Waals surface area (Å²) >= 11 is 0. The number of carbonyl (C=O) groups is 2. The van der Waals surface area contributed by atoms with Crippen molar-refractivity contribution in [3.8, 4) is 0 Å². The number of amides is 2. The zero-order valence-corrected chi connectivity index (χ0v) is 13.6. The van der Waals surface area contributed by atoms with Gasteiger partial charge in [0.25, 0.3) is 0 Å². The molecule has 1 fully saturated rings. The first-order valence-corrected chi connectivity index (χ1v) is 7.71. The first-order valence-electron chi connectivity index (χ1n) is 7.71. The van der Waals surface area contributed by atoms with Crippen LogP contribution in [0.3, 0.4) is 0 Å². The second-order valence-corrected chi connectivity index (χ2v) is 6.06. The van der Waals surface area contributed by atoms with Gasteiger partial charge in [0.1, 0.15) is 6.04 Å². The fourth-order valence-electron chi connectivity index (χ4n) is 2.87. The van der Waals surface area contributed by atoms with Crippen molar-refractivity contribution in [3.63, 3.8) is 0 Å². The number of carbonyl (C=O) groups excluding carboxylic acids is 2. The Morgan fingerprint density at radius 2 is 2.04 bits per heavy atom. The van der Waals surface area contributed by atoms with Gasteiger partial charge in [-0.1, -0.05) is 6.07 Å². The van der Waals surface area contributed by atoms with Gasteiger partial charge < -0.3 is 10.2 Å². The van der Waals surface area contributed by atoms with Crippen LogP contribution in [0, 0.1) is 6.92 Å². The van der Waals surface area contributed by atoms with Crippen LogP contribution in [-0.4, -0.2) is 46.5 Å². The molecule has 1 aliphatic heterocycles. The van der Waals surface area contributed by atoms with E-state index in [0.717, 1.165) is 10.6 Å². The Hall–Kier alpha value is -2.12. The molecule has 2 heterocycles. The molecule has 0 aromatic carbocycles. The maximum absolute atomic E-state index is 13.2. The Morgan fingerprint density at radius 1 is 1.33 bits per heavy atom. The zero-order chi connectivity index (χ0) is 17.9. The molecule has 1 N–H and O–H groups in total. The number of rotatable bonds is 3. The van der Waals surface area contributed by atoms with E-state index in [9.17, 15) is 22.8 Å². The van der Waals surface area contributed by atoms with Gasteiger partial charge in [0.05, 0.1) is 6.42 Å². The van der Waals surface area contributed by atoms with Gasteiger partial charge in [-0.3, -0.25) is 14.6 Å². The topological polar surface area (TPSA) is 62.3 Å². The molecule has 0 saturated carbocycles. The summed E-state index contributed by atoms with van der Waals surface area (Å²) in [6, 6.07) is 1.12. The van der Waals surface area contributed by atoms with E-state index in [-0.39, 0.29) is 31.7 Å². The van der Waals surface area contributed by atoms with Crippen LogP contribution in [-0.2, 0) is 16.0 Å². The smallest absolute Gasteiger partial charge is 0.352 e. The predicted molar refractivity (Wildman–Crippen MR) is 81.1 cm³/mol. The molecule has 0 spiro atoms. The van der Waals surface area contributed by atoms with Crippen molar-refractivity contribution in [1.82, 2.24) is 15.2 Å². The predicted octanol–water partition coefficient (Wildman–Crippen LogP) is 1.99. The summed E-state index contributed by atoms with van der Waals surface area (Å²) < 4.78 is 39.7. The second kappa shape index (κ2) is 7.19. The third kappa shape index (κ3) is 4.69. The second-order valence-electron chi connectivity index (χ2n) is 6.06. The number of aromatic nitrogens is 1. The average molecular weight is 343 g/mol. The molecule has 132 valence electrons. The third-order valence-corrected chi connectivity index (χ3v) is 4.02. The number of nitrogens with one attached hydrogen (secondary N) is 1. The monoisotopic (exact) mass is 343 g/mol. The summed E-state index contributed by atoms with van der Waals surface area (Å²) in [7, 11) is 0. The number of hydrogen-bond acceptors (Lipinski definition) is 3. The molecule has 1 aromatic heterocycles. The SMILES string of the molecule is CC(=O)NC1CCC(C(F)(F)F)N(C(=O)Cc2ccc(C)nc2)C1. The van der Waals surface area contributed by atoms with Gasteiger partial charge in [-0.25, -0.2) is 0 Å². The number of alkyl halides is 3. The lowest BCUT2D eigenvalue weighted by Gasteiger charge is -2.40. The van der Waals surface area contributed by atoms with Gasteiger partial charge in [0.2, 0.25) is 11.8 Å². The van der Waals surface area contributed by atoms with Crippen molar-refractivity contribution in [2.24, 2.45) is 0 Å². The number of hydrogen-bond donors (Lipinski definition) is 1. The van der Waals surface area contributed by atoms with Gasteiger partial charge in [-0.05, 0) is 31.4 Å². The Bertz CT molecular complexity index is 602. The first-order chi connectivity index (χ1) is 11.2. The highest BCUT2D eigenvalue weighted by Crippen LogP contribution is 2.32. The minimum Gasteiger partial charge on any atom is -0.352 e. The highest BCUT2D eigenvalue weighted by Gasteiger charge is 2.47. The van der Waals surface area contributed by atoms with Crippen LogP contribution in [0.1, 0.15) is 31.0 Å². The number of pyridine rings is 1. The maximum Gasteiger partial charge on any atom is 0.408 e. The van der Waals surface area contributed by atoms with Gasteiger partial charge in [0.15, 0.2) is 0 Å². The van der Waals surface area contributed by atoms with E-state index in [4.69, 9.17) is 0 Å². The highest BCUT2D eigenvalue weighted by atomic mass is 19.4. The van der Waals surface area contributed by atoms with E-state index in [0.29, 0.717) is 5.56 Å². The molecule has 2 amide bonds. The van der Waals surface area contributed by atoms with Crippen molar-refractivity contribution in [3.05, 3.63) is 29.6 Å².